The van der Waals surface area contributed by atoms with Crippen LogP contribution >= 0.6 is 0 Å². The highest BCUT2D eigenvalue weighted by Gasteiger charge is 2.21. The number of carbonyl (C=O) groups excluding carboxylic acids is 1. The van der Waals surface area contributed by atoms with Gasteiger partial charge in [0.15, 0.2) is 0 Å². The molecule has 7 nitrogen and oxygen atoms in total. The van der Waals surface area contributed by atoms with Crippen molar-refractivity contribution >= 4 is 17.3 Å². The van der Waals surface area contributed by atoms with Gasteiger partial charge >= 0.3 is 0 Å². The average molecular weight is 267 g/mol. The van der Waals surface area contributed by atoms with Crippen LogP contribution in [0.4, 0.5) is 11.4 Å². The summed E-state index contributed by atoms with van der Waals surface area (Å²) in [6, 6.07) is 3.66. The van der Waals surface area contributed by atoms with Crippen molar-refractivity contribution in [3.05, 3.63) is 33.9 Å². The Bertz CT molecular complexity index is 490. The van der Waals surface area contributed by atoms with Crippen LogP contribution in [0.5, 0.6) is 0 Å². The minimum absolute atomic E-state index is 0.125. The summed E-state index contributed by atoms with van der Waals surface area (Å²) in [4.78, 5) is 23.8. The van der Waals surface area contributed by atoms with E-state index in [1.54, 1.807) is 7.05 Å². The van der Waals surface area contributed by atoms with Gasteiger partial charge in [0.1, 0.15) is 0 Å². The predicted molar refractivity (Wildman–Crippen MR) is 70.9 cm³/mol. The number of nitrogen functional groups attached to an aromatic ring is 1. The zero-order valence-corrected chi connectivity index (χ0v) is 11.1. The molecule has 0 fully saturated rings. The third kappa shape index (κ3) is 3.41. The molecule has 0 saturated heterocycles. The number of ether oxygens (including phenoxy) is 1. The van der Waals surface area contributed by atoms with Gasteiger partial charge in [-0.25, -0.2) is 0 Å². The highest BCUT2D eigenvalue weighted by molar-refractivity contribution is 5.99. The maximum Gasteiger partial charge on any atom is 0.270 e. The molecule has 1 unspecified atom stereocenters. The van der Waals surface area contributed by atoms with E-state index in [1.807, 2.05) is 6.92 Å². The highest BCUT2D eigenvalue weighted by Crippen LogP contribution is 2.21. The first-order chi connectivity index (χ1) is 8.88. The smallest absolute Gasteiger partial charge is 0.270 e. The van der Waals surface area contributed by atoms with E-state index in [1.165, 1.54) is 30.2 Å². The molecule has 1 amide bonds. The van der Waals surface area contributed by atoms with Crippen molar-refractivity contribution in [3.8, 4) is 0 Å². The first kappa shape index (κ1) is 14.9. The molecule has 0 aliphatic heterocycles. The summed E-state index contributed by atoms with van der Waals surface area (Å²) >= 11 is 0. The van der Waals surface area contributed by atoms with Gasteiger partial charge in [-0.05, 0) is 13.0 Å². The van der Waals surface area contributed by atoms with Crippen LogP contribution in [0.25, 0.3) is 0 Å². The summed E-state index contributed by atoms with van der Waals surface area (Å²) in [7, 11) is 3.14. The lowest BCUT2D eigenvalue weighted by molar-refractivity contribution is -0.384. The number of non-ortho nitro benzene ring substituents is 1. The number of nitro benzene ring substituents is 1. The summed E-state index contributed by atoms with van der Waals surface area (Å²) < 4.78 is 4.97. The summed E-state index contributed by atoms with van der Waals surface area (Å²) in [5, 5.41) is 10.7. The van der Waals surface area contributed by atoms with Gasteiger partial charge in [0.25, 0.3) is 11.6 Å². The van der Waals surface area contributed by atoms with Gasteiger partial charge in [0.05, 0.1) is 23.1 Å². The molecule has 2 N–H and O–H groups in total. The number of carbonyl (C=O) groups is 1. The van der Waals surface area contributed by atoms with E-state index in [9.17, 15) is 14.9 Å². The molecule has 7 heteroatoms. The fourth-order valence-electron chi connectivity index (χ4n) is 1.59. The average Bonchev–Trinajstić information content (AvgIpc) is 2.37. The van der Waals surface area contributed by atoms with Crippen LogP contribution in [-0.2, 0) is 4.74 Å². The molecule has 1 rings (SSSR count). The molecule has 0 aromatic heterocycles. The molecule has 0 radical (unpaired) electrons. The van der Waals surface area contributed by atoms with E-state index in [2.05, 4.69) is 0 Å². The number of rotatable bonds is 5. The first-order valence-electron chi connectivity index (χ1n) is 5.68. The van der Waals surface area contributed by atoms with Crippen molar-refractivity contribution in [1.82, 2.24) is 4.90 Å². The molecule has 104 valence electrons. The van der Waals surface area contributed by atoms with Crippen LogP contribution < -0.4 is 5.73 Å². The molecule has 0 aliphatic carbocycles. The Labute approximate surface area is 111 Å². The quantitative estimate of drug-likeness (QED) is 0.492. The van der Waals surface area contributed by atoms with Gasteiger partial charge in [-0.2, -0.15) is 0 Å². The number of hydrogen-bond donors (Lipinski definition) is 1. The predicted octanol–water partition coefficient (Wildman–Crippen LogP) is 1.28. The van der Waals surface area contributed by atoms with Gasteiger partial charge in [-0.15, -0.1) is 0 Å². The molecular formula is C12H17N3O4. The SMILES string of the molecule is COCC(C)N(C)C(=O)c1cc([N+](=O)[O-])ccc1N. The first-order valence-corrected chi connectivity index (χ1v) is 5.68. The van der Waals surface area contributed by atoms with E-state index in [4.69, 9.17) is 10.5 Å². The molecule has 0 heterocycles. The van der Waals surface area contributed by atoms with Crippen molar-refractivity contribution in [1.29, 1.82) is 0 Å². The highest BCUT2D eigenvalue weighted by atomic mass is 16.6. The van der Waals surface area contributed by atoms with Crippen LogP contribution in [0.2, 0.25) is 0 Å². The lowest BCUT2D eigenvalue weighted by Gasteiger charge is -2.24. The van der Waals surface area contributed by atoms with Crippen molar-refractivity contribution in [2.45, 2.75) is 13.0 Å². The van der Waals surface area contributed by atoms with Crippen LogP contribution in [0.15, 0.2) is 18.2 Å². The minimum atomic E-state index is -0.561. The van der Waals surface area contributed by atoms with Crippen LogP contribution in [0, 0.1) is 10.1 Å². The van der Waals surface area contributed by atoms with E-state index in [-0.39, 0.29) is 28.9 Å². The Hall–Kier alpha value is -2.15. The topological polar surface area (TPSA) is 98.7 Å². The number of amides is 1. The van der Waals surface area contributed by atoms with E-state index in [0.29, 0.717) is 6.61 Å². The molecule has 0 saturated carbocycles. The van der Waals surface area contributed by atoms with Gasteiger partial charge < -0.3 is 15.4 Å². The third-order valence-corrected chi connectivity index (χ3v) is 2.87. The number of nitrogens with zero attached hydrogens (tertiary/aromatic N) is 2. The van der Waals surface area contributed by atoms with E-state index in [0.717, 1.165) is 0 Å². The Kier molecular flexibility index (Phi) is 4.82. The fraction of sp³-hybridized carbons (Fsp3) is 0.417. The van der Waals surface area contributed by atoms with Crippen molar-refractivity contribution in [2.24, 2.45) is 0 Å². The maximum absolute atomic E-state index is 12.2. The minimum Gasteiger partial charge on any atom is -0.398 e. The maximum atomic E-state index is 12.2. The Morgan fingerprint density at radius 3 is 2.74 bits per heavy atom. The second-order valence-corrected chi connectivity index (χ2v) is 4.25. The fourth-order valence-corrected chi connectivity index (χ4v) is 1.59. The van der Waals surface area contributed by atoms with Crippen molar-refractivity contribution in [2.75, 3.05) is 26.5 Å². The van der Waals surface area contributed by atoms with E-state index < -0.39 is 4.92 Å². The molecule has 1 aromatic carbocycles. The summed E-state index contributed by atoms with van der Waals surface area (Å²) in [6.07, 6.45) is 0. The van der Waals surface area contributed by atoms with Gasteiger partial charge in [0, 0.05) is 32.0 Å². The second-order valence-electron chi connectivity index (χ2n) is 4.25. The normalized spacial score (nSPS) is 11.9. The van der Waals surface area contributed by atoms with Crippen LogP contribution in [-0.4, -0.2) is 42.5 Å². The Morgan fingerprint density at radius 2 is 2.21 bits per heavy atom. The molecule has 1 atom stereocenters. The number of benzene rings is 1. The Morgan fingerprint density at radius 1 is 1.58 bits per heavy atom. The summed E-state index contributed by atoms with van der Waals surface area (Å²) in [6.45, 7) is 2.19. The second kappa shape index (κ2) is 6.14. The van der Waals surface area contributed by atoms with Gasteiger partial charge in [0.2, 0.25) is 0 Å². The van der Waals surface area contributed by atoms with Gasteiger partial charge in [-0.1, -0.05) is 0 Å². The van der Waals surface area contributed by atoms with Crippen molar-refractivity contribution in [3.63, 3.8) is 0 Å². The molecule has 0 aliphatic rings. The number of nitrogens with two attached hydrogens (primary N) is 1. The largest absolute Gasteiger partial charge is 0.398 e. The third-order valence-electron chi connectivity index (χ3n) is 2.87. The van der Waals surface area contributed by atoms with Gasteiger partial charge in [-0.3, -0.25) is 14.9 Å². The monoisotopic (exact) mass is 267 g/mol. The standard InChI is InChI=1S/C12H17N3O4/c1-8(7-19-3)14(2)12(16)10-6-9(15(17)18)4-5-11(10)13/h4-6,8H,7,13H2,1-3H3. The molecule has 1 aromatic rings. The van der Waals surface area contributed by atoms with E-state index >= 15 is 0 Å². The number of likely N-dealkylation sites (N-methyl/N-ethyl adjacent to an activating group) is 1. The molecule has 19 heavy (non-hydrogen) atoms. The number of nitro groups is 1. The lowest BCUT2D eigenvalue weighted by atomic mass is 10.1. The molecular weight excluding hydrogens is 250 g/mol. The number of methoxy groups -OCH3 is 1. The zero-order chi connectivity index (χ0) is 14.6. The number of hydrogen-bond acceptors (Lipinski definition) is 5. The lowest BCUT2D eigenvalue weighted by Crippen LogP contribution is -2.38. The Balaban J connectivity index is 3.04. The molecule has 0 bridgehead atoms. The summed E-state index contributed by atoms with van der Waals surface area (Å²) in [5.74, 6) is -0.370. The van der Waals surface area contributed by atoms with Crippen LogP contribution in [0.3, 0.4) is 0 Å². The number of anilines is 1. The zero-order valence-electron chi connectivity index (χ0n) is 11.1. The molecule has 0 spiro atoms. The summed E-state index contributed by atoms with van der Waals surface area (Å²) in [5.41, 5.74) is 5.88. The van der Waals surface area contributed by atoms with Crippen LogP contribution in [0.1, 0.15) is 17.3 Å². The van der Waals surface area contributed by atoms with Crippen molar-refractivity contribution < 1.29 is 14.5 Å².